The van der Waals surface area contributed by atoms with Crippen LogP contribution in [0, 0.1) is 22.7 Å². The van der Waals surface area contributed by atoms with E-state index in [1.54, 1.807) is 6.07 Å². The maximum absolute atomic E-state index is 13.1. The molecule has 1 fully saturated rings. The van der Waals surface area contributed by atoms with Crippen LogP contribution in [-0.4, -0.2) is 22.7 Å². The zero-order valence-corrected chi connectivity index (χ0v) is 20.4. The zero-order chi connectivity index (χ0) is 23.0. The lowest BCUT2D eigenvalue weighted by Gasteiger charge is -2.50. The Morgan fingerprint density at radius 1 is 1.06 bits per heavy atom. The van der Waals surface area contributed by atoms with Gasteiger partial charge in [-0.3, -0.25) is 0 Å². The van der Waals surface area contributed by atoms with Crippen LogP contribution in [0.3, 0.4) is 0 Å². The molecule has 0 spiro atoms. The minimum absolute atomic E-state index is 0.121. The van der Waals surface area contributed by atoms with Crippen molar-refractivity contribution in [3.8, 4) is 5.69 Å². The molecule has 1 aromatic carbocycles. The van der Waals surface area contributed by atoms with E-state index in [9.17, 15) is 4.79 Å². The van der Waals surface area contributed by atoms with E-state index in [4.69, 9.17) is 22.1 Å². The molecule has 3 atom stereocenters. The highest BCUT2D eigenvalue weighted by molar-refractivity contribution is 6.30. The number of hydrogen-bond donors (Lipinski definition) is 1. The fourth-order valence-electron chi connectivity index (χ4n) is 5.90. The topological polar surface area (TPSA) is 57.2 Å². The predicted molar refractivity (Wildman–Crippen MR) is 128 cm³/mol. The highest BCUT2D eigenvalue weighted by atomic mass is 35.5. The van der Waals surface area contributed by atoms with E-state index in [0.29, 0.717) is 22.6 Å². The number of nitrogens with zero attached hydrogens (tertiary/aromatic N) is 1. The van der Waals surface area contributed by atoms with Gasteiger partial charge in [-0.15, -0.1) is 0 Å². The van der Waals surface area contributed by atoms with Gasteiger partial charge in [-0.1, -0.05) is 53.1 Å². The van der Waals surface area contributed by atoms with Gasteiger partial charge in [-0.25, -0.2) is 4.79 Å². The average Bonchev–Trinajstić information content (AvgIpc) is 3.13. The van der Waals surface area contributed by atoms with E-state index in [2.05, 4.69) is 41.5 Å². The number of esters is 1. The summed E-state index contributed by atoms with van der Waals surface area (Å²) in [5.41, 5.74) is 8.40. The Labute approximate surface area is 192 Å². The first kappa shape index (κ1) is 23.9. The number of nitrogens with two attached hydrogens (primary N) is 1. The van der Waals surface area contributed by atoms with Gasteiger partial charge in [0.1, 0.15) is 11.8 Å². The van der Waals surface area contributed by atoms with Crippen LogP contribution in [-0.2, 0) is 4.74 Å². The number of hydrogen-bond acceptors (Lipinski definition) is 3. The van der Waals surface area contributed by atoms with Gasteiger partial charge in [0, 0.05) is 22.9 Å². The Hall–Kier alpha value is -1.78. The van der Waals surface area contributed by atoms with Crippen LogP contribution < -0.4 is 5.73 Å². The minimum Gasteiger partial charge on any atom is -0.456 e. The van der Waals surface area contributed by atoms with Crippen molar-refractivity contribution in [1.29, 1.82) is 0 Å². The molecule has 2 aromatic rings. The summed E-state index contributed by atoms with van der Waals surface area (Å²) in [7, 11) is 0. The molecular formula is C26H37ClN2O2. The Morgan fingerprint density at radius 2 is 1.68 bits per heavy atom. The molecule has 1 saturated carbocycles. The molecule has 1 aliphatic rings. The van der Waals surface area contributed by atoms with Crippen LogP contribution in [0.15, 0.2) is 42.6 Å². The summed E-state index contributed by atoms with van der Waals surface area (Å²) in [6.45, 7) is 13.8. The van der Waals surface area contributed by atoms with E-state index in [1.165, 1.54) is 0 Å². The molecule has 0 aliphatic heterocycles. The lowest BCUT2D eigenvalue weighted by molar-refractivity contribution is -0.0374. The van der Waals surface area contributed by atoms with Gasteiger partial charge in [-0.2, -0.15) is 0 Å². The van der Waals surface area contributed by atoms with Crippen LogP contribution in [0.25, 0.3) is 5.69 Å². The van der Waals surface area contributed by atoms with Crippen molar-refractivity contribution in [3.63, 3.8) is 0 Å². The molecule has 0 amide bonds. The van der Waals surface area contributed by atoms with Crippen molar-refractivity contribution in [1.82, 2.24) is 4.57 Å². The molecule has 4 nitrogen and oxygen atoms in total. The third-order valence-corrected chi connectivity index (χ3v) is 6.82. The minimum atomic E-state index is -0.330. The molecule has 1 aliphatic carbocycles. The Morgan fingerprint density at radius 3 is 2.26 bits per heavy atom. The summed E-state index contributed by atoms with van der Waals surface area (Å²) in [4.78, 5) is 13.1. The molecule has 0 bridgehead atoms. The van der Waals surface area contributed by atoms with Crippen LogP contribution in [0.5, 0.6) is 0 Å². The highest BCUT2D eigenvalue weighted by Gasteiger charge is 2.46. The molecule has 0 radical (unpaired) electrons. The fraction of sp³-hybridized carbons (Fsp3) is 0.577. The number of carbonyl (C=O) groups excluding carboxylic acids is 1. The van der Waals surface area contributed by atoms with Gasteiger partial charge in [-0.05, 0) is 78.3 Å². The molecule has 170 valence electrons. The van der Waals surface area contributed by atoms with Crippen LogP contribution in [0.4, 0.5) is 0 Å². The normalized spacial score (nSPS) is 22.5. The van der Waals surface area contributed by atoms with Crippen LogP contribution >= 0.6 is 11.6 Å². The van der Waals surface area contributed by atoms with Crippen LogP contribution in [0.2, 0.25) is 5.02 Å². The molecule has 2 N–H and O–H groups in total. The van der Waals surface area contributed by atoms with Gasteiger partial charge in [0.05, 0.1) is 0 Å². The standard InChI is InChI=1S/C26H37ClN2O2/c1-25(2,3)23(26(4,5)6)19-9-7-11-21(22(19)28)31-24(30)20-10-8-16-29(20)18-14-12-17(27)13-15-18/h8,10,12-16,19,21-23H,7,9,11,28H2,1-6H3. The Kier molecular flexibility index (Phi) is 6.93. The molecule has 5 heteroatoms. The van der Waals surface area contributed by atoms with Crippen molar-refractivity contribution < 1.29 is 9.53 Å². The quantitative estimate of drug-likeness (QED) is 0.548. The molecular weight excluding hydrogens is 408 g/mol. The number of halogens is 1. The van der Waals surface area contributed by atoms with Gasteiger partial charge in [0.2, 0.25) is 0 Å². The number of rotatable bonds is 4. The molecule has 3 unspecified atom stereocenters. The van der Waals surface area contributed by atoms with E-state index >= 15 is 0 Å². The Bertz CT molecular complexity index is 875. The lowest BCUT2D eigenvalue weighted by Crippen LogP contribution is -2.54. The number of aromatic nitrogens is 1. The maximum atomic E-state index is 13.1. The molecule has 0 saturated heterocycles. The van der Waals surface area contributed by atoms with E-state index in [-0.39, 0.29) is 28.9 Å². The molecule has 31 heavy (non-hydrogen) atoms. The number of carbonyl (C=O) groups is 1. The molecule has 1 aromatic heterocycles. The predicted octanol–water partition coefficient (Wildman–Crippen LogP) is 6.49. The van der Waals surface area contributed by atoms with Crippen molar-refractivity contribution in [3.05, 3.63) is 53.3 Å². The third kappa shape index (κ3) is 5.35. The van der Waals surface area contributed by atoms with Gasteiger partial charge in [0.25, 0.3) is 0 Å². The molecule has 1 heterocycles. The SMILES string of the molecule is CC(C)(C)C(C1CCCC(OC(=O)c2cccn2-c2ccc(Cl)cc2)C1N)C(C)(C)C. The summed E-state index contributed by atoms with van der Waals surface area (Å²) in [5.74, 6) is 0.410. The summed E-state index contributed by atoms with van der Waals surface area (Å²) in [5, 5.41) is 0.659. The summed E-state index contributed by atoms with van der Waals surface area (Å²) in [6, 6.07) is 10.9. The largest absolute Gasteiger partial charge is 0.456 e. The van der Waals surface area contributed by atoms with E-state index in [1.807, 2.05) is 41.1 Å². The lowest BCUT2D eigenvalue weighted by atomic mass is 9.57. The van der Waals surface area contributed by atoms with Crippen molar-refractivity contribution in [2.75, 3.05) is 0 Å². The molecule has 3 rings (SSSR count). The third-order valence-electron chi connectivity index (χ3n) is 6.57. The summed E-state index contributed by atoms with van der Waals surface area (Å²) in [6.07, 6.45) is 4.50. The zero-order valence-electron chi connectivity index (χ0n) is 19.7. The van der Waals surface area contributed by atoms with Gasteiger partial charge < -0.3 is 15.0 Å². The second kappa shape index (κ2) is 8.99. The van der Waals surface area contributed by atoms with Crippen molar-refractivity contribution in [2.45, 2.75) is 73.0 Å². The van der Waals surface area contributed by atoms with E-state index < -0.39 is 0 Å². The fourth-order valence-corrected chi connectivity index (χ4v) is 6.02. The maximum Gasteiger partial charge on any atom is 0.355 e. The number of ether oxygens (including phenoxy) is 1. The summed E-state index contributed by atoms with van der Waals surface area (Å²) >= 11 is 6.01. The first-order valence-electron chi connectivity index (χ1n) is 11.3. The van der Waals surface area contributed by atoms with Crippen LogP contribution in [0.1, 0.15) is 71.3 Å². The second-order valence-corrected chi connectivity index (χ2v) is 11.5. The smallest absolute Gasteiger partial charge is 0.355 e. The first-order valence-corrected chi connectivity index (χ1v) is 11.7. The summed E-state index contributed by atoms with van der Waals surface area (Å²) < 4.78 is 7.86. The monoisotopic (exact) mass is 444 g/mol. The first-order chi connectivity index (χ1) is 14.4. The highest BCUT2D eigenvalue weighted by Crippen LogP contribution is 2.49. The van der Waals surface area contributed by atoms with Crippen molar-refractivity contribution in [2.24, 2.45) is 28.4 Å². The van der Waals surface area contributed by atoms with E-state index in [0.717, 1.165) is 24.9 Å². The average molecular weight is 445 g/mol. The second-order valence-electron chi connectivity index (χ2n) is 11.1. The number of benzene rings is 1. The van der Waals surface area contributed by atoms with Crippen molar-refractivity contribution >= 4 is 17.6 Å². The van der Waals surface area contributed by atoms with Gasteiger partial charge in [0.15, 0.2) is 0 Å². The van der Waals surface area contributed by atoms with Gasteiger partial charge >= 0.3 is 5.97 Å². The Balaban J connectivity index is 1.80.